The van der Waals surface area contributed by atoms with Gasteiger partial charge in [0.15, 0.2) is 0 Å². The van der Waals surface area contributed by atoms with Crippen molar-refractivity contribution in [3.63, 3.8) is 0 Å². The predicted octanol–water partition coefficient (Wildman–Crippen LogP) is -0.262. The van der Waals surface area contributed by atoms with E-state index in [1.807, 2.05) is 20.8 Å². The largest absolute Gasteiger partial charge is 0.220 e. The number of quaternary nitrogens is 1. The minimum absolute atomic E-state index is 0.0278. The number of hydroxylamine groups is 1. The van der Waals surface area contributed by atoms with Crippen LogP contribution in [0.4, 0.5) is 0 Å². The highest BCUT2D eigenvalue weighted by atomic mass is 16.5. The summed E-state index contributed by atoms with van der Waals surface area (Å²) in [4.78, 5) is 0. The second-order valence-corrected chi connectivity index (χ2v) is 2.50. The van der Waals surface area contributed by atoms with Crippen molar-refractivity contribution in [3.05, 3.63) is 0 Å². The van der Waals surface area contributed by atoms with Gasteiger partial charge in [0.1, 0.15) is 5.54 Å². The highest BCUT2D eigenvalue weighted by Crippen LogP contribution is 1.85. The van der Waals surface area contributed by atoms with E-state index in [2.05, 4.69) is 0 Å². The molecule has 0 bridgehead atoms. The van der Waals surface area contributed by atoms with Crippen molar-refractivity contribution in [3.8, 4) is 0 Å². The molecule has 0 fully saturated rings. The van der Waals surface area contributed by atoms with Crippen LogP contribution in [0.1, 0.15) is 20.8 Å². The van der Waals surface area contributed by atoms with Gasteiger partial charge >= 0.3 is 0 Å². The molecule has 0 amide bonds. The van der Waals surface area contributed by atoms with Gasteiger partial charge in [0.25, 0.3) is 0 Å². The molecule has 38 valence electrons. The van der Waals surface area contributed by atoms with Crippen LogP contribution in [0.5, 0.6) is 0 Å². The van der Waals surface area contributed by atoms with E-state index in [-0.39, 0.29) is 5.54 Å². The van der Waals surface area contributed by atoms with Gasteiger partial charge in [-0.25, -0.2) is 5.21 Å². The number of rotatable bonds is 0. The van der Waals surface area contributed by atoms with Gasteiger partial charge in [-0.1, -0.05) is 0 Å². The van der Waals surface area contributed by atoms with Gasteiger partial charge in [0, 0.05) is 0 Å². The molecule has 0 heterocycles. The Morgan fingerprint density at radius 1 is 1.33 bits per heavy atom. The molecule has 0 aromatic heterocycles. The lowest BCUT2D eigenvalue weighted by atomic mass is 10.1. The van der Waals surface area contributed by atoms with E-state index in [9.17, 15) is 0 Å². The summed E-state index contributed by atoms with van der Waals surface area (Å²) in [5.41, 5.74) is 1.16. The van der Waals surface area contributed by atoms with Gasteiger partial charge in [-0.2, -0.15) is 5.48 Å². The van der Waals surface area contributed by atoms with Crippen LogP contribution in [0.2, 0.25) is 0 Å². The van der Waals surface area contributed by atoms with Gasteiger partial charge < -0.3 is 0 Å². The Hall–Kier alpha value is -0.0800. The zero-order valence-corrected chi connectivity index (χ0v) is 4.52. The lowest BCUT2D eigenvalue weighted by Crippen LogP contribution is -2.91. The maximum atomic E-state index is 8.28. The molecule has 0 saturated carbocycles. The molecular weight excluding hydrogens is 78.0 g/mol. The Labute approximate surface area is 38.1 Å². The van der Waals surface area contributed by atoms with Gasteiger partial charge in [0.05, 0.1) is 0 Å². The SMILES string of the molecule is CC(C)(C)[NH2+]O. The zero-order chi connectivity index (χ0) is 5.21. The first-order chi connectivity index (χ1) is 2.56. The predicted molar refractivity (Wildman–Crippen MR) is 23.5 cm³/mol. The number of hydrogen-bond donors (Lipinski definition) is 2. The first-order valence-electron chi connectivity index (χ1n) is 2.05. The van der Waals surface area contributed by atoms with E-state index in [1.165, 1.54) is 5.48 Å². The summed E-state index contributed by atoms with van der Waals surface area (Å²) in [5, 5.41) is 8.28. The minimum atomic E-state index is -0.0278. The third-order valence-electron chi connectivity index (χ3n) is 0.387. The van der Waals surface area contributed by atoms with Crippen LogP contribution >= 0.6 is 0 Å². The molecular formula is C4H12NO+. The Morgan fingerprint density at radius 3 is 1.50 bits per heavy atom. The van der Waals surface area contributed by atoms with Crippen LogP contribution < -0.4 is 5.48 Å². The average molecular weight is 90.1 g/mol. The summed E-state index contributed by atoms with van der Waals surface area (Å²) in [6, 6.07) is 0. The summed E-state index contributed by atoms with van der Waals surface area (Å²) in [7, 11) is 0. The topological polar surface area (TPSA) is 36.8 Å². The van der Waals surface area contributed by atoms with Crippen LogP contribution in [0, 0.1) is 0 Å². The van der Waals surface area contributed by atoms with Gasteiger partial charge in [-0.3, -0.25) is 0 Å². The van der Waals surface area contributed by atoms with E-state index < -0.39 is 0 Å². The molecule has 0 rings (SSSR count). The maximum Gasteiger partial charge on any atom is 0.117 e. The number of nitrogens with two attached hydrogens (primary N) is 1. The van der Waals surface area contributed by atoms with Gasteiger partial charge in [0.2, 0.25) is 0 Å². The fourth-order valence-corrected chi connectivity index (χ4v) is 0. The van der Waals surface area contributed by atoms with Crippen molar-refractivity contribution in [2.75, 3.05) is 0 Å². The van der Waals surface area contributed by atoms with Crippen LogP contribution in [-0.4, -0.2) is 10.7 Å². The van der Waals surface area contributed by atoms with Crippen molar-refractivity contribution in [2.45, 2.75) is 26.3 Å². The molecule has 0 aliphatic carbocycles. The molecule has 0 unspecified atom stereocenters. The van der Waals surface area contributed by atoms with Crippen molar-refractivity contribution < 1.29 is 10.7 Å². The van der Waals surface area contributed by atoms with E-state index in [1.54, 1.807) is 0 Å². The Bertz CT molecular complexity index is 37.3. The number of hydrogen-bond acceptors (Lipinski definition) is 1. The van der Waals surface area contributed by atoms with Crippen LogP contribution in [0.15, 0.2) is 0 Å². The molecule has 0 aliphatic rings. The van der Waals surface area contributed by atoms with Gasteiger partial charge in [-0.15, -0.1) is 0 Å². The van der Waals surface area contributed by atoms with Crippen molar-refractivity contribution in [1.82, 2.24) is 0 Å². The monoisotopic (exact) mass is 90.1 g/mol. The average Bonchev–Trinajstić information content (AvgIpc) is 1.35. The van der Waals surface area contributed by atoms with Crippen LogP contribution in [-0.2, 0) is 0 Å². The maximum absolute atomic E-state index is 8.28. The quantitative estimate of drug-likeness (QED) is 0.395. The lowest BCUT2D eigenvalue weighted by molar-refractivity contribution is -0.929. The standard InChI is InChI=1S/C4H11NO/c1-4(2,3)5-6/h5-6H,1-3H3/p+1. The van der Waals surface area contributed by atoms with Crippen molar-refractivity contribution in [2.24, 2.45) is 0 Å². The Balaban J connectivity index is 3.17. The summed E-state index contributed by atoms with van der Waals surface area (Å²) in [6.07, 6.45) is 0. The minimum Gasteiger partial charge on any atom is -0.220 e. The van der Waals surface area contributed by atoms with Crippen molar-refractivity contribution in [1.29, 1.82) is 0 Å². The smallest absolute Gasteiger partial charge is 0.117 e. The molecule has 0 aliphatic heterocycles. The molecule has 0 radical (unpaired) electrons. The second-order valence-electron chi connectivity index (χ2n) is 2.50. The normalized spacial score (nSPS) is 12.0. The van der Waals surface area contributed by atoms with E-state index in [4.69, 9.17) is 5.21 Å². The molecule has 0 spiro atoms. The van der Waals surface area contributed by atoms with Crippen LogP contribution in [0.3, 0.4) is 0 Å². The van der Waals surface area contributed by atoms with Crippen molar-refractivity contribution >= 4 is 0 Å². The molecule has 0 aromatic rings. The fourth-order valence-electron chi connectivity index (χ4n) is 0. The summed E-state index contributed by atoms with van der Waals surface area (Å²) in [5.74, 6) is 0. The molecule has 0 saturated heterocycles. The third kappa shape index (κ3) is 3.92. The molecule has 0 atom stereocenters. The molecule has 2 heteroatoms. The first-order valence-corrected chi connectivity index (χ1v) is 2.05. The fraction of sp³-hybridized carbons (Fsp3) is 1.00. The Kier molecular flexibility index (Phi) is 1.56. The molecule has 3 N–H and O–H groups in total. The lowest BCUT2D eigenvalue weighted by Gasteiger charge is -2.08. The molecule has 2 nitrogen and oxygen atoms in total. The van der Waals surface area contributed by atoms with E-state index >= 15 is 0 Å². The zero-order valence-electron chi connectivity index (χ0n) is 4.52. The molecule has 6 heavy (non-hydrogen) atoms. The summed E-state index contributed by atoms with van der Waals surface area (Å²) in [6.45, 7) is 5.81. The summed E-state index contributed by atoms with van der Waals surface area (Å²) >= 11 is 0. The molecule has 0 aromatic carbocycles. The highest BCUT2D eigenvalue weighted by Gasteiger charge is 2.09. The van der Waals surface area contributed by atoms with Gasteiger partial charge in [-0.05, 0) is 20.8 Å². The summed E-state index contributed by atoms with van der Waals surface area (Å²) < 4.78 is 0. The van der Waals surface area contributed by atoms with Crippen LogP contribution in [0.25, 0.3) is 0 Å². The van der Waals surface area contributed by atoms with E-state index in [0.717, 1.165) is 0 Å². The Morgan fingerprint density at radius 2 is 1.50 bits per heavy atom. The first kappa shape index (κ1) is 5.92. The second kappa shape index (κ2) is 1.58. The highest BCUT2D eigenvalue weighted by molar-refractivity contribution is 4.48. The van der Waals surface area contributed by atoms with E-state index in [0.29, 0.717) is 0 Å². The third-order valence-corrected chi connectivity index (χ3v) is 0.387.